The summed E-state index contributed by atoms with van der Waals surface area (Å²) in [5.74, 6) is 0. The number of nitrogens with one attached hydrogen (secondary N) is 2. The van der Waals surface area contributed by atoms with Gasteiger partial charge < -0.3 is 10.2 Å². The zero-order chi connectivity index (χ0) is 15.5. The molecule has 1 aromatic carbocycles. The van der Waals surface area contributed by atoms with Crippen LogP contribution in [0.25, 0.3) is 0 Å². The van der Waals surface area contributed by atoms with E-state index in [1.807, 2.05) is 12.1 Å². The molecule has 0 bridgehead atoms. The Bertz CT molecular complexity index is 561. The molecule has 2 rings (SSSR count). The van der Waals surface area contributed by atoms with Gasteiger partial charge in [-0.3, -0.25) is 0 Å². The van der Waals surface area contributed by atoms with E-state index < -0.39 is 10.0 Å². The van der Waals surface area contributed by atoms with Crippen LogP contribution >= 0.6 is 0 Å². The van der Waals surface area contributed by atoms with E-state index in [2.05, 4.69) is 29.0 Å². The predicted molar refractivity (Wildman–Crippen MR) is 86.1 cm³/mol. The fourth-order valence-electron chi connectivity index (χ4n) is 2.95. The van der Waals surface area contributed by atoms with Crippen LogP contribution in [0.1, 0.15) is 25.7 Å². The summed E-state index contributed by atoms with van der Waals surface area (Å²) in [6.45, 7) is 0.887. The Morgan fingerprint density at radius 2 is 1.71 bits per heavy atom. The van der Waals surface area contributed by atoms with Gasteiger partial charge in [-0.05, 0) is 58.3 Å². The van der Waals surface area contributed by atoms with Crippen LogP contribution in [0.2, 0.25) is 0 Å². The van der Waals surface area contributed by atoms with Crippen molar-refractivity contribution in [3.05, 3.63) is 24.3 Å². The van der Waals surface area contributed by atoms with Crippen molar-refractivity contribution in [3.63, 3.8) is 0 Å². The van der Waals surface area contributed by atoms with Crippen molar-refractivity contribution in [2.45, 2.75) is 36.1 Å². The van der Waals surface area contributed by atoms with Crippen LogP contribution in [0.4, 0.5) is 5.69 Å². The molecule has 118 valence electrons. The average molecular weight is 311 g/mol. The van der Waals surface area contributed by atoms with Crippen LogP contribution in [-0.2, 0) is 10.0 Å². The number of sulfonamides is 1. The highest BCUT2D eigenvalue weighted by Crippen LogP contribution is 2.34. The van der Waals surface area contributed by atoms with Gasteiger partial charge in [-0.15, -0.1) is 0 Å². The summed E-state index contributed by atoms with van der Waals surface area (Å²) in [5.41, 5.74) is 1.17. The Morgan fingerprint density at radius 3 is 2.19 bits per heavy atom. The fourth-order valence-corrected chi connectivity index (χ4v) is 3.68. The summed E-state index contributed by atoms with van der Waals surface area (Å²) in [6.07, 6.45) is 4.97. The van der Waals surface area contributed by atoms with Crippen molar-refractivity contribution in [2.75, 3.05) is 33.0 Å². The number of anilines is 1. The summed E-state index contributed by atoms with van der Waals surface area (Å²) >= 11 is 0. The first kappa shape index (κ1) is 16.3. The van der Waals surface area contributed by atoms with E-state index in [1.165, 1.54) is 32.7 Å². The molecule has 0 aliphatic heterocycles. The maximum atomic E-state index is 11.7. The second-order valence-corrected chi connectivity index (χ2v) is 7.80. The molecule has 2 N–H and O–H groups in total. The minimum atomic E-state index is -3.36. The molecular weight excluding hydrogens is 286 g/mol. The van der Waals surface area contributed by atoms with E-state index in [-0.39, 0.29) is 5.54 Å². The SMILES string of the molecule is CNS(=O)(=O)c1ccc(NCC2(N(C)C)CCCC2)cc1. The zero-order valence-electron chi connectivity index (χ0n) is 13.0. The lowest BCUT2D eigenvalue weighted by molar-refractivity contribution is 0.172. The van der Waals surface area contributed by atoms with Crippen molar-refractivity contribution < 1.29 is 8.42 Å². The van der Waals surface area contributed by atoms with Gasteiger partial charge in [0.2, 0.25) is 10.0 Å². The molecule has 0 saturated heterocycles. The van der Waals surface area contributed by atoms with Crippen molar-refractivity contribution in [1.82, 2.24) is 9.62 Å². The van der Waals surface area contributed by atoms with Crippen LogP contribution in [0.5, 0.6) is 0 Å². The average Bonchev–Trinajstić information content (AvgIpc) is 2.96. The third kappa shape index (κ3) is 3.56. The van der Waals surface area contributed by atoms with Crippen LogP contribution in [0.3, 0.4) is 0 Å². The molecule has 1 aromatic rings. The largest absolute Gasteiger partial charge is 0.383 e. The molecule has 0 unspecified atom stereocenters. The van der Waals surface area contributed by atoms with Crippen LogP contribution in [0.15, 0.2) is 29.2 Å². The summed E-state index contributed by atoms with van der Waals surface area (Å²) in [7, 11) is 2.33. The molecule has 0 spiro atoms. The van der Waals surface area contributed by atoms with Gasteiger partial charge in [-0.2, -0.15) is 0 Å². The Labute approximate surface area is 127 Å². The van der Waals surface area contributed by atoms with E-state index in [4.69, 9.17) is 0 Å². The van der Waals surface area contributed by atoms with Gasteiger partial charge in [0.25, 0.3) is 0 Å². The highest BCUT2D eigenvalue weighted by Gasteiger charge is 2.35. The molecule has 0 amide bonds. The molecule has 0 radical (unpaired) electrons. The summed E-state index contributed by atoms with van der Waals surface area (Å²) < 4.78 is 25.7. The van der Waals surface area contributed by atoms with Crippen LogP contribution in [0, 0.1) is 0 Å². The van der Waals surface area contributed by atoms with Gasteiger partial charge >= 0.3 is 0 Å². The number of likely N-dealkylation sites (N-methyl/N-ethyl adjacent to an activating group) is 1. The van der Waals surface area contributed by atoms with Crippen LogP contribution < -0.4 is 10.0 Å². The second-order valence-electron chi connectivity index (χ2n) is 5.91. The van der Waals surface area contributed by atoms with E-state index in [9.17, 15) is 8.42 Å². The molecule has 1 saturated carbocycles. The van der Waals surface area contributed by atoms with Crippen molar-refractivity contribution in [2.24, 2.45) is 0 Å². The number of hydrogen-bond donors (Lipinski definition) is 2. The summed E-state index contributed by atoms with van der Waals surface area (Å²) in [4.78, 5) is 2.60. The molecule has 21 heavy (non-hydrogen) atoms. The van der Waals surface area contributed by atoms with Gasteiger partial charge in [0.1, 0.15) is 0 Å². The zero-order valence-corrected chi connectivity index (χ0v) is 13.8. The Balaban J connectivity index is 2.04. The molecule has 0 heterocycles. The quantitative estimate of drug-likeness (QED) is 0.842. The molecule has 1 fully saturated rings. The summed E-state index contributed by atoms with van der Waals surface area (Å²) in [6, 6.07) is 6.90. The highest BCUT2D eigenvalue weighted by molar-refractivity contribution is 7.89. The summed E-state index contributed by atoms with van der Waals surface area (Å²) in [5, 5.41) is 3.45. The third-order valence-electron chi connectivity index (χ3n) is 4.54. The topological polar surface area (TPSA) is 61.4 Å². The Hall–Kier alpha value is -1.11. The molecular formula is C15H25N3O2S. The molecule has 0 atom stereocenters. The molecule has 6 heteroatoms. The van der Waals surface area contributed by atoms with E-state index in [1.54, 1.807) is 12.1 Å². The Morgan fingerprint density at radius 1 is 1.14 bits per heavy atom. The number of nitrogens with zero attached hydrogens (tertiary/aromatic N) is 1. The smallest absolute Gasteiger partial charge is 0.240 e. The van der Waals surface area contributed by atoms with E-state index in [0.29, 0.717) is 4.90 Å². The second kappa shape index (κ2) is 6.34. The lowest BCUT2D eigenvalue weighted by atomic mass is 9.96. The van der Waals surface area contributed by atoms with Crippen molar-refractivity contribution in [3.8, 4) is 0 Å². The lowest BCUT2D eigenvalue weighted by Crippen LogP contribution is -2.47. The highest BCUT2D eigenvalue weighted by atomic mass is 32.2. The normalized spacial score (nSPS) is 18.1. The molecule has 5 nitrogen and oxygen atoms in total. The van der Waals surface area contributed by atoms with Crippen molar-refractivity contribution in [1.29, 1.82) is 0 Å². The van der Waals surface area contributed by atoms with Gasteiger partial charge in [-0.25, -0.2) is 13.1 Å². The predicted octanol–water partition coefficient (Wildman–Crippen LogP) is 1.88. The Kier molecular flexibility index (Phi) is 4.91. The van der Waals surface area contributed by atoms with E-state index >= 15 is 0 Å². The van der Waals surface area contributed by atoms with Crippen LogP contribution in [-0.4, -0.2) is 46.5 Å². The minimum Gasteiger partial charge on any atom is -0.383 e. The monoisotopic (exact) mass is 311 g/mol. The van der Waals surface area contributed by atoms with Gasteiger partial charge in [0, 0.05) is 17.8 Å². The lowest BCUT2D eigenvalue weighted by Gasteiger charge is -2.36. The molecule has 0 aromatic heterocycles. The van der Waals surface area contributed by atoms with Gasteiger partial charge in [0.05, 0.1) is 4.90 Å². The minimum absolute atomic E-state index is 0.218. The standard InChI is InChI=1S/C15H25N3O2S/c1-16-21(19,20)14-8-6-13(7-9-14)17-12-15(18(2)3)10-4-5-11-15/h6-9,16-17H,4-5,10-12H2,1-3H3. The molecule has 1 aliphatic carbocycles. The maximum absolute atomic E-state index is 11.7. The van der Waals surface area contributed by atoms with E-state index in [0.717, 1.165) is 12.2 Å². The number of rotatable bonds is 6. The first-order chi connectivity index (χ1) is 9.89. The van der Waals surface area contributed by atoms with Crippen molar-refractivity contribution >= 4 is 15.7 Å². The number of hydrogen-bond acceptors (Lipinski definition) is 4. The maximum Gasteiger partial charge on any atom is 0.240 e. The first-order valence-corrected chi connectivity index (χ1v) is 8.83. The fraction of sp³-hybridized carbons (Fsp3) is 0.600. The van der Waals surface area contributed by atoms with Gasteiger partial charge in [0.15, 0.2) is 0 Å². The van der Waals surface area contributed by atoms with Gasteiger partial charge in [-0.1, -0.05) is 12.8 Å². The third-order valence-corrected chi connectivity index (χ3v) is 5.97. The molecule has 1 aliphatic rings. The number of benzene rings is 1. The first-order valence-electron chi connectivity index (χ1n) is 7.35.